The number of ether oxygens (including phenoxy) is 3. The highest BCUT2D eigenvalue weighted by Gasteiger charge is 2.79. The molecule has 10 atom stereocenters. The zero-order valence-corrected chi connectivity index (χ0v) is 21.5. The van der Waals surface area contributed by atoms with Crippen molar-refractivity contribution in [1.82, 2.24) is 0 Å². The minimum atomic E-state index is -2.07. The van der Waals surface area contributed by atoms with Crippen LogP contribution in [0.15, 0.2) is 11.6 Å². The van der Waals surface area contributed by atoms with Gasteiger partial charge in [0.15, 0.2) is 11.6 Å². The van der Waals surface area contributed by atoms with Crippen molar-refractivity contribution in [3.63, 3.8) is 0 Å². The van der Waals surface area contributed by atoms with E-state index < -0.39 is 56.8 Å². The van der Waals surface area contributed by atoms with Gasteiger partial charge in [-0.2, -0.15) is 0 Å². The van der Waals surface area contributed by atoms with E-state index in [1.807, 2.05) is 20.8 Å². The minimum absolute atomic E-state index is 0.0924. The van der Waals surface area contributed by atoms with Crippen LogP contribution in [0.25, 0.3) is 0 Å². The fourth-order valence-corrected chi connectivity index (χ4v) is 10.4. The summed E-state index contributed by atoms with van der Waals surface area (Å²) in [5, 5.41) is 11.2. The molecule has 0 aromatic carbocycles. The van der Waals surface area contributed by atoms with Crippen LogP contribution >= 0.6 is 11.8 Å². The van der Waals surface area contributed by atoms with Crippen LogP contribution in [-0.4, -0.2) is 63.5 Å². The molecule has 5 fully saturated rings. The Kier molecular flexibility index (Phi) is 5.07. The molecule has 4 aliphatic carbocycles. The molecule has 194 valence electrons. The maximum atomic E-state index is 17.4. The smallest absolute Gasteiger partial charge is 0.319 e. The first kappa shape index (κ1) is 24.3. The molecule has 9 heteroatoms. The van der Waals surface area contributed by atoms with Crippen molar-refractivity contribution in [3.05, 3.63) is 11.6 Å². The molecule has 6 aliphatic rings. The lowest BCUT2D eigenvalue weighted by Crippen LogP contribution is -2.70. The third-order valence-electron chi connectivity index (χ3n) is 10.1. The van der Waals surface area contributed by atoms with E-state index in [2.05, 4.69) is 0 Å². The number of rotatable bonds is 2. The van der Waals surface area contributed by atoms with E-state index in [1.165, 1.54) is 17.8 Å². The predicted octanol–water partition coefficient (Wildman–Crippen LogP) is 4.04. The summed E-state index contributed by atoms with van der Waals surface area (Å²) in [5.74, 6) is -2.48. The number of alkyl halides is 2. The molecule has 0 amide bonds. The Labute approximate surface area is 208 Å². The molecule has 2 aliphatic heterocycles. The summed E-state index contributed by atoms with van der Waals surface area (Å²) in [4.78, 5) is 23.6. The summed E-state index contributed by atoms with van der Waals surface area (Å²) < 4.78 is 51.3. The zero-order valence-electron chi connectivity index (χ0n) is 20.6. The quantitative estimate of drug-likeness (QED) is 0.560. The van der Waals surface area contributed by atoms with Gasteiger partial charge in [-0.05, 0) is 57.1 Å². The Morgan fingerprint density at radius 3 is 2.57 bits per heavy atom. The third kappa shape index (κ3) is 2.93. The Morgan fingerprint density at radius 2 is 1.89 bits per heavy atom. The third-order valence-corrected chi connectivity index (χ3v) is 12.0. The number of thioether (sulfide) groups is 1. The lowest BCUT2D eigenvalue weighted by atomic mass is 9.44. The van der Waals surface area contributed by atoms with Gasteiger partial charge in [-0.1, -0.05) is 13.8 Å². The van der Waals surface area contributed by atoms with Crippen molar-refractivity contribution in [2.75, 3.05) is 6.61 Å². The second-order valence-corrected chi connectivity index (χ2v) is 13.7. The van der Waals surface area contributed by atoms with E-state index in [4.69, 9.17) is 14.2 Å². The molecule has 3 unspecified atom stereocenters. The normalized spacial score (nSPS) is 54.4. The monoisotopic (exact) mass is 512 g/mol. The first-order valence-corrected chi connectivity index (χ1v) is 13.6. The van der Waals surface area contributed by atoms with Crippen LogP contribution in [0.2, 0.25) is 0 Å². The summed E-state index contributed by atoms with van der Waals surface area (Å²) in [5.41, 5.74) is -3.89. The molecule has 0 aromatic rings. The average Bonchev–Trinajstić information content (AvgIpc) is 3.35. The summed E-state index contributed by atoms with van der Waals surface area (Å²) in [6.45, 7) is 7.67. The molecule has 0 aromatic heterocycles. The van der Waals surface area contributed by atoms with E-state index >= 15 is 8.78 Å². The molecule has 1 N–H and O–H groups in total. The van der Waals surface area contributed by atoms with Gasteiger partial charge in [0, 0.05) is 29.6 Å². The number of fused-ring (bicyclic) bond motifs is 7. The van der Waals surface area contributed by atoms with Gasteiger partial charge in [-0.25, -0.2) is 8.78 Å². The maximum Gasteiger partial charge on any atom is 0.319 e. The first-order valence-electron chi connectivity index (χ1n) is 12.8. The van der Waals surface area contributed by atoms with E-state index in [1.54, 1.807) is 6.92 Å². The number of aliphatic hydroxyl groups excluding tert-OH is 1. The number of ketones is 1. The molecule has 2 heterocycles. The van der Waals surface area contributed by atoms with Crippen LogP contribution in [0.4, 0.5) is 8.78 Å². The standard InChI is InChI=1S/C26H34F2O6S/c1-22(2)33-20-11-14-15-10-17(27)16-9-13(29)5-7-23(16,3)25(15,28)19(30)12-24(14,4)26(20,34-22)35-18-6-8-32-21(18)31/h9,14-15,17-20,30H,5-8,10-12H2,1-4H3/t14?,15?,17-,18?,19-,20+,23-,24-,25-,26-/m0/s1. The van der Waals surface area contributed by atoms with Gasteiger partial charge in [0.05, 0.1) is 12.7 Å². The summed E-state index contributed by atoms with van der Waals surface area (Å²) >= 11 is 1.39. The van der Waals surface area contributed by atoms with Gasteiger partial charge in [0.1, 0.15) is 28.1 Å². The largest absolute Gasteiger partial charge is 0.465 e. The Balaban J connectivity index is 1.45. The molecule has 6 nitrogen and oxygen atoms in total. The van der Waals surface area contributed by atoms with Gasteiger partial charge >= 0.3 is 5.97 Å². The number of esters is 1. The Hall–Kier alpha value is -1.03. The average molecular weight is 513 g/mol. The first-order chi connectivity index (χ1) is 16.3. The number of hydrogen-bond acceptors (Lipinski definition) is 7. The SMILES string of the molecule is CC1(C)O[C@@H]2CC3C4C[C@H](F)C5=CC(=O)CC[C@]5(C)[C@@]4(F)[C@@H](O)C[C@]3(C)[C@]2(SC2CCOC2=O)O1. The minimum Gasteiger partial charge on any atom is -0.465 e. The molecule has 2 saturated heterocycles. The van der Waals surface area contributed by atoms with Crippen molar-refractivity contribution >= 4 is 23.5 Å². The predicted molar refractivity (Wildman–Crippen MR) is 124 cm³/mol. The lowest BCUT2D eigenvalue weighted by Gasteiger charge is -2.64. The van der Waals surface area contributed by atoms with Crippen LogP contribution in [0.3, 0.4) is 0 Å². The van der Waals surface area contributed by atoms with E-state index in [0.717, 1.165) is 0 Å². The molecule has 35 heavy (non-hydrogen) atoms. The molecule has 3 saturated carbocycles. The molecular weight excluding hydrogens is 478 g/mol. The molecule has 0 radical (unpaired) electrons. The zero-order chi connectivity index (χ0) is 25.2. The van der Waals surface area contributed by atoms with Crippen LogP contribution < -0.4 is 0 Å². The summed E-state index contributed by atoms with van der Waals surface area (Å²) in [6.07, 6.45) is -0.623. The van der Waals surface area contributed by atoms with E-state index in [-0.39, 0.29) is 48.9 Å². The Bertz CT molecular complexity index is 1020. The topological polar surface area (TPSA) is 82.1 Å². The lowest BCUT2D eigenvalue weighted by molar-refractivity contribution is -0.243. The molecule has 0 bridgehead atoms. The highest BCUT2D eigenvalue weighted by atomic mass is 32.2. The van der Waals surface area contributed by atoms with Crippen LogP contribution in [-0.2, 0) is 23.8 Å². The second kappa shape index (κ2) is 7.29. The molecule has 0 spiro atoms. The van der Waals surface area contributed by atoms with Crippen LogP contribution in [0.1, 0.15) is 66.2 Å². The molecule has 6 rings (SSSR count). The van der Waals surface area contributed by atoms with Crippen molar-refractivity contribution < 1.29 is 37.7 Å². The highest BCUT2D eigenvalue weighted by Crippen LogP contribution is 2.75. The second-order valence-electron chi connectivity index (χ2n) is 12.3. The van der Waals surface area contributed by atoms with Gasteiger partial charge in [-0.3, -0.25) is 9.59 Å². The van der Waals surface area contributed by atoms with Crippen molar-refractivity contribution in [2.45, 2.75) is 106 Å². The number of carbonyl (C=O) groups excluding carboxylic acids is 2. The van der Waals surface area contributed by atoms with Gasteiger partial charge < -0.3 is 19.3 Å². The number of allylic oxidation sites excluding steroid dienone is 1. The summed E-state index contributed by atoms with van der Waals surface area (Å²) in [7, 11) is 0. The number of halogens is 2. The number of hydrogen-bond donors (Lipinski definition) is 1. The van der Waals surface area contributed by atoms with E-state index in [9.17, 15) is 14.7 Å². The fraction of sp³-hybridized carbons (Fsp3) is 0.846. The maximum absolute atomic E-state index is 17.4. The van der Waals surface area contributed by atoms with Crippen LogP contribution in [0.5, 0.6) is 0 Å². The van der Waals surface area contributed by atoms with Crippen molar-refractivity contribution in [2.24, 2.45) is 22.7 Å². The van der Waals surface area contributed by atoms with Gasteiger partial charge in [-0.15, -0.1) is 11.8 Å². The fourth-order valence-electron chi connectivity index (χ4n) is 8.57. The van der Waals surface area contributed by atoms with Gasteiger partial charge in [0.25, 0.3) is 0 Å². The summed E-state index contributed by atoms with van der Waals surface area (Å²) in [6, 6.07) is 0. The molecular formula is C26H34F2O6S. The van der Waals surface area contributed by atoms with E-state index in [0.29, 0.717) is 19.4 Å². The van der Waals surface area contributed by atoms with Crippen LogP contribution in [0, 0.1) is 22.7 Å². The Morgan fingerprint density at radius 1 is 1.14 bits per heavy atom. The van der Waals surface area contributed by atoms with Gasteiger partial charge in [0.2, 0.25) is 0 Å². The van der Waals surface area contributed by atoms with Crippen molar-refractivity contribution in [3.8, 4) is 0 Å². The number of aliphatic hydroxyl groups is 1. The number of carbonyl (C=O) groups is 2. The van der Waals surface area contributed by atoms with Crippen molar-refractivity contribution in [1.29, 1.82) is 0 Å². The highest BCUT2D eigenvalue weighted by molar-refractivity contribution is 8.01. The number of cyclic esters (lactones) is 1.